The first-order valence-corrected chi connectivity index (χ1v) is 6.26. The summed E-state index contributed by atoms with van der Waals surface area (Å²) in [6.45, 7) is 2.36. The number of nitrogens with two attached hydrogens (primary N) is 1. The number of anilines is 3. The topological polar surface area (TPSA) is 93.3 Å². The lowest BCUT2D eigenvalue weighted by Crippen LogP contribution is -2.17. The molecule has 0 bridgehead atoms. The van der Waals surface area contributed by atoms with Gasteiger partial charge >= 0.3 is 0 Å². The number of nitrogen functional groups attached to an aromatic ring is 1. The highest BCUT2D eigenvalue weighted by Gasteiger charge is 2.17. The Kier molecular flexibility index (Phi) is 3.73. The summed E-state index contributed by atoms with van der Waals surface area (Å²) in [6, 6.07) is 0. The minimum absolute atomic E-state index is 0.312. The quantitative estimate of drug-likeness (QED) is 0.865. The second kappa shape index (κ2) is 5.32. The Balaban J connectivity index is 2.75. The average Bonchev–Trinajstić information content (AvgIpc) is 2.37. The molecule has 2 rings (SSSR count). The van der Waals surface area contributed by atoms with Crippen molar-refractivity contribution in [3.05, 3.63) is 0 Å². The molecule has 2 aromatic rings. The molecule has 2 heterocycles. The van der Waals surface area contributed by atoms with Crippen molar-refractivity contribution in [2.75, 3.05) is 50.3 Å². The number of hydrogen-bond donors (Lipinski definition) is 1. The van der Waals surface area contributed by atoms with Crippen LogP contribution in [0.2, 0.25) is 0 Å². The van der Waals surface area contributed by atoms with Gasteiger partial charge in [-0.15, -0.1) is 0 Å². The van der Waals surface area contributed by atoms with Gasteiger partial charge in [-0.3, -0.25) is 0 Å². The Hall–Kier alpha value is -2.38. The van der Waals surface area contributed by atoms with E-state index in [1.807, 2.05) is 35.1 Å². The molecule has 0 unspecified atom stereocenters. The van der Waals surface area contributed by atoms with Gasteiger partial charge in [0.2, 0.25) is 17.8 Å². The number of nitrogens with zero attached hydrogens (tertiary/aromatic N) is 6. The fourth-order valence-electron chi connectivity index (χ4n) is 1.65. The molecule has 0 aliphatic heterocycles. The van der Waals surface area contributed by atoms with Crippen LogP contribution in [0.25, 0.3) is 11.0 Å². The molecule has 8 nitrogen and oxygen atoms in total. The third-order valence-corrected chi connectivity index (χ3v) is 2.61. The van der Waals surface area contributed by atoms with Crippen molar-refractivity contribution in [2.45, 2.75) is 6.92 Å². The summed E-state index contributed by atoms with van der Waals surface area (Å²) in [7, 11) is 7.40. The molecule has 0 saturated carbocycles. The van der Waals surface area contributed by atoms with E-state index < -0.39 is 0 Å². The van der Waals surface area contributed by atoms with Gasteiger partial charge in [-0.2, -0.15) is 19.9 Å². The van der Waals surface area contributed by atoms with Crippen molar-refractivity contribution in [3.8, 4) is 5.88 Å². The van der Waals surface area contributed by atoms with E-state index in [2.05, 4.69) is 19.9 Å². The summed E-state index contributed by atoms with van der Waals surface area (Å²) in [5.74, 6) is 1.74. The van der Waals surface area contributed by atoms with E-state index in [9.17, 15) is 0 Å². The number of fused-ring (bicyclic) bond motifs is 1. The molecule has 0 amide bonds. The van der Waals surface area contributed by atoms with E-state index in [1.54, 1.807) is 9.80 Å². The summed E-state index contributed by atoms with van der Waals surface area (Å²) in [6.07, 6.45) is 0. The van der Waals surface area contributed by atoms with Crippen LogP contribution in [0.3, 0.4) is 0 Å². The van der Waals surface area contributed by atoms with Gasteiger partial charge in [0.15, 0.2) is 5.65 Å². The van der Waals surface area contributed by atoms with Crippen LogP contribution in [0, 0.1) is 0 Å². The number of hydrogen-bond acceptors (Lipinski definition) is 8. The molecule has 0 saturated heterocycles. The summed E-state index contributed by atoms with van der Waals surface area (Å²) in [5.41, 5.74) is 6.48. The van der Waals surface area contributed by atoms with Crippen LogP contribution < -0.4 is 20.3 Å². The van der Waals surface area contributed by atoms with Gasteiger partial charge in [0, 0.05) is 28.2 Å². The molecule has 2 aromatic heterocycles. The highest BCUT2D eigenvalue weighted by Crippen LogP contribution is 2.29. The van der Waals surface area contributed by atoms with Crippen LogP contribution in [-0.2, 0) is 0 Å². The molecule has 0 aliphatic rings. The van der Waals surface area contributed by atoms with Crippen LogP contribution in [0.1, 0.15) is 6.92 Å². The van der Waals surface area contributed by atoms with Crippen LogP contribution in [0.4, 0.5) is 17.7 Å². The monoisotopic (exact) mass is 277 g/mol. The summed E-state index contributed by atoms with van der Waals surface area (Å²) < 4.78 is 5.54. The zero-order chi connectivity index (χ0) is 14.9. The molecule has 0 aromatic carbocycles. The van der Waals surface area contributed by atoms with Crippen molar-refractivity contribution < 1.29 is 4.74 Å². The molecule has 0 aliphatic carbocycles. The normalized spacial score (nSPS) is 10.7. The lowest BCUT2D eigenvalue weighted by Gasteiger charge is -2.16. The second-order valence-corrected chi connectivity index (χ2v) is 4.66. The Morgan fingerprint density at radius 3 is 2.00 bits per heavy atom. The predicted octanol–water partition coefficient (Wildman–Crippen LogP) is 0.533. The lowest BCUT2D eigenvalue weighted by molar-refractivity contribution is 0.331. The SMILES string of the molecule is CCOc1nc(N(C)C)nc2nc(N(C)C)nc(N)c12. The van der Waals surface area contributed by atoms with E-state index in [0.717, 1.165) is 0 Å². The first-order chi connectivity index (χ1) is 9.43. The highest BCUT2D eigenvalue weighted by atomic mass is 16.5. The standard InChI is InChI=1S/C12H19N7O/c1-6-20-10-7-8(13)14-11(18(2)3)15-9(7)16-12(17-10)19(4)5/h6H2,1-5H3,(H2,13,14,15,16,17). The van der Waals surface area contributed by atoms with Crippen molar-refractivity contribution in [3.63, 3.8) is 0 Å². The Bertz CT molecular complexity index is 621. The fraction of sp³-hybridized carbons (Fsp3) is 0.500. The molecule has 0 atom stereocenters. The van der Waals surface area contributed by atoms with Crippen molar-refractivity contribution in [2.24, 2.45) is 0 Å². The van der Waals surface area contributed by atoms with Crippen molar-refractivity contribution in [1.29, 1.82) is 0 Å². The lowest BCUT2D eigenvalue weighted by atomic mass is 10.3. The van der Waals surface area contributed by atoms with Gasteiger partial charge in [-0.25, -0.2) is 0 Å². The number of rotatable bonds is 4. The maximum absolute atomic E-state index is 6.00. The molecular formula is C12H19N7O. The Labute approximate surface area is 117 Å². The van der Waals surface area contributed by atoms with Crippen LogP contribution in [0.15, 0.2) is 0 Å². The van der Waals surface area contributed by atoms with E-state index >= 15 is 0 Å². The summed E-state index contributed by atoms with van der Waals surface area (Å²) in [4.78, 5) is 20.9. The second-order valence-electron chi connectivity index (χ2n) is 4.66. The summed E-state index contributed by atoms with van der Waals surface area (Å²) in [5, 5.41) is 0.544. The fourth-order valence-corrected chi connectivity index (χ4v) is 1.65. The molecule has 0 spiro atoms. The highest BCUT2D eigenvalue weighted by molar-refractivity contribution is 5.91. The van der Waals surface area contributed by atoms with E-state index in [0.29, 0.717) is 41.2 Å². The third-order valence-electron chi connectivity index (χ3n) is 2.61. The molecule has 108 valence electrons. The molecule has 0 fully saturated rings. The van der Waals surface area contributed by atoms with E-state index in [-0.39, 0.29) is 0 Å². The van der Waals surface area contributed by atoms with Gasteiger partial charge in [-0.1, -0.05) is 0 Å². The minimum atomic E-state index is 0.312. The molecular weight excluding hydrogens is 258 g/mol. The van der Waals surface area contributed by atoms with Gasteiger partial charge in [0.05, 0.1) is 6.61 Å². The molecule has 8 heteroatoms. The maximum Gasteiger partial charge on any atom is 0.231 e. The zero-order valence-corrected chi connectivity index (χ0v) is 12.4. The predicted molar refractivity (Wildman–Crippen MR) is 79.4 cm³/mol. The Morgan fingerprint density at radius 2 is 1.50 bits per heavy atom. The van der Waals surface area contributed by atoms with Crippen LogP contribution >= 0.6 is 0 Å². The van der Waals surface area contributed by atoms with Gasteiger partial charge in [-0.05, 0) is 6.92 Å². The molecule has 20 heavy (non-hydrogen) atoms. The smallest absolute Gasteiger partial charge is 0.231 e. The first-order valence-electron chi connectivity index (χ1n) is 6.26. The van der Waals surface area contributed by atoms with Crippen molar-refractivity contribution in [1.82, 2.24) is 19.9 Å². The summed E-state index contributed by atoms with van der Waals surface area (Å²) >= 11 is 0. The zero-order valence-electron chi connectivity index (χ0n) is 12.4. The number of ether oxygens (including phenoxy) is 1. The average molecular weight is 277 g/mol. The van der Waals surface area contributed by atoms with E-state index in [4.69, 9.17) is 10.5 Å². The van der Waals surface area contributed by atoms with Gasteiger partial charge < -0.3 is 20.3 Å². The number of aromatic nitrogens is 4. The van der Waals surface area contributed by atoms with Gasteiger partial charge in [0.1, 0.15) is 11.2 Å². The van der Waals surface area contributed by atoms with Crippen molar-refractivity contribution >= 4 is 28.7 Å². The third kappa shape index (κ3) is 2.49. The van der Waals surface area contributed by atoms with Crippen LogP contribution in [0.5, 0.6) is 5.88 Å². The minimum Gasteiger partial charge on any atom is -0.477 e. The maximum atomic E-state index is 6.00. The van der Waals surface area contributed by atoms with Gasteiger partial charge in [0.25, 0.3) is 0 Å². The molecule has 0 radical (unpaired) electrons. The molecule has 2 N–H and O–H groups in total. The first kappa shape index (κ1) is 14.0. The Morgan fingerprint density at radius 1 is 0.950 bits per heavy atom. The van der Waals surface area contributed by atoms with Crippen LogP contribution in [-0.4, -0.2) is 54.7 Å². The largest absolute Gasteiger partial charge is 0.477 e. The van der Waals surface area contributed by atoms with E-state index in [1.165, 1.54) is 0 Å².